The Labute approximate surface area is 192 Å². The van der Waals surface area contributed by atoms with E-state index < -0.39 is 23.9 Å². The van der Waals surface area contributed by atoms with Crippen LogP contribution in [0.15, 0.2) is 0 Å². The van der Waals surface area contributed by atoms with Crippen molar-refractivity contribution in [1.82, 2.24) is 9.80 Å². The molecule has 0 bridgehead atoms. The fourth-order valence-electron chi connectivity index (χ4n) is 2.99. The van der Waals surface area contributed by atoms with Crippen molar-refractivity contribution in [1.29, 1.82) is 5.26 Å². The first-order valence-corrected chi connectivity index (χ1v) is 10.5. The van der Waals surface area contributed by atoms with Crippen molar-refractivity contribution in [3.63, 3.8) is 0 Å². The fraction of sp³-hybridized carbons (Fsp3) is 0.474. The van der Waals surface area contributed by atoms with Gasteiger partial charge in [0.05, 0.1) is 12.1 Å². The van der Waals surface area contributed by atoms with Gasteiger partial charge in [0.25, 0.3) is 0 Å². The molecule has 5 N–H and O–H groups in total. The van der Waals surface area contributed by atoms with E-state index in [4.69, 9.17) is 39.6 Å². The van der Waals surface area contributed by atoms with Crippen LogP contribution in [0.25, 0.3) is 0 Å². The summed E-state index contributed by atoms with van der Waals surface area (Å²) in [5.74, 6) is -7.30. The summed E-state index contributed by atoms with van der Waals surface area (Å²) in [6.07, 6.45) is 3.15. The Morgan fingerprint density at radius 3 is 1.91 bits per heavy atom. The molecule has 2 aliphatic rings. The number of carbonyl (C=O) groups is 5. The Bertz CT molecular complexity index is 898. The van der Waals surface area contributed by atoms with E-state index in [9.17, 15) is 10.1 Å². The van der Waals surface area contributed by atoms with Crippen molar-refractivity contribution in [2.24, 2.45) is 0 Å². The van der Waals surface area contributed by atoms with Gasteiger partial charge in [-0.15, -0.1) is 11.3 Å². The lowest BCUT2D eigenvalue weighted by Crippen LogP contribution is -2.47. The topological polar surface area (TPSA) is 209 Å². The molecule has 3 rings (SSSR count). The van der Waals surface area contributed by atoms with E-state index in [0.717, 1.165) is 56.0 Å². The molecule has 33 heavy (non-hydrogen) atoms. The van der Waals surface area contributed by atoms with E-state index in [-0.39, 0.29) is 5.91 Å². The van der Waals surface area contributed by atoms with Crippen LogP contribution in [0.4, 0.5) is 5.00 Å². The second kappa shape index (κ2) is 13.1. The number of hydrogen-bond donors (Lipinski definition) is 5. The first-order valence-electron chi connectivity index (χ1n) is 9.64. The largest absolute Gasteiger partial charge is 0.473 e. The molecular formula is C19H24N4O9S. The Hall–Kier alpha value is -3.54. The van der Waals surface area contributed by atoms with Gasteiger partial charge in [0.15, 0.2) is 0 Å². The van der Waals surface area contributed by atoms with Gasteiger partial charge in [-0.3, -0.25) is 9.69 Å². The number of nitriles is 1. The van der Waals surface area contributed by atoms with Gasteiger partial charge >= 0.3 is 23.9 Å². The minimum Gasteiger partial charge on any atom is -0.473 e. The van der Waals surface area contributed by atoms with Crippen LogP contribution in [0.2, 0.25) is 0 Å². The van der Waals surface area contributed by atoms with Crippen molar-refractivity contribution in [3.8, 4) is 6.07 Å². The van der Waals surface area contributed by atoms with Gasteiger partial charge < -0.3 is 30.6 Å². The standard InChI is InChI=1S/C15H20N4OS.2C2H2O4/c1-18-5-7-19(8-6-18)10-14(20)17-15-12(9-16)11-3-2-4-13(11)21-15;2*3-1(4)2(5)6/h2-8,10H2,1H3,(H,17,20);2*(H,3,4)(H,5,6). The van der Waals surface area contributed by atoms with Crippen LogP contribution in [0.5, 0.6) is 0 Å². The van der Waals surface area contributed by atoms with Crippen LogP contribution >= 0.6 is 11.3 Å². The number of thiophene rings is 1. The summed E-state index contributed by atoms with van der Waals surface area (Å²) in [7, 11) is 2.10. The number of amides is 1. The fourth-order valence-corrected chi connectivity index (χ4v) is 4.24. The Morgan fingerprint density at radius 2 is 1.45 bits per heavy atom. The molecular weight excluding hydrogens is 460 g/mol. The molecule has 0 radical (unpaired) electrons. The van der Waals surface area contributed by atoms with Gasteiger partial charge in [-0.25, -0.2) is 19.2 Å². The number of rotatable bonds is 3. The number of fused-ring (bicyclic) bond motifs is 1. The number of piperazine rings is 1. The predicted octanol–water partition coefficient (Wildman–Crippen LogP) is -0.394. The van der Waals surface area contributed by atoms with E-state index >= 15 is 0 Å². The number of carboxylic acid groups (broad SMARTS) is 4. The molecule has 1 fully saturated rings. The third-order valence-corrected chi connectivity index (χ3v) is 5.82. The molecule has 0 saturated carbocycles. The number of carbonyl (C=O) groups excluding carboxylic acids is 1. The van der Waals surface area contributed by atoms with Gasteiger partial charge in [0.1, 0.15) is 11.1 Å². The molecule has 1 aromatic rings. The van der Waals surface area contributed by atoms with E-state index in [0.29, 0.717) is 12.1 Å². The van der Waals surface area contributed by atoms with Crippen LogP contribution < -0.4 is 5.32 Å². The van der Waals surface area contributed by atoms with Crippen molar-refractivity contribution in [2.45, 2.75) is 19.3 Å². The quantitative estimate of drug-likeness (QED) is 0.347. The zero-order valence-corrected chi connectivity index (χ0v) is 18.6. The van der Waals surface area contributed by atoms with E-state index in [1.54, 1.807) is 11.3 Å². The zero-order valence-electron chi connectivity index (χ0n) is 17.7. The maximum atomic E-state index is 12.2. The van der Waals surface area contributed by atoms with Crippen molar-refractivity contribution in [3.05, 3.63) is 16.0 Å². The molecule has 13 nitrogen and oxygen atoms in total. The maximum Gasteiger partial charge on any atom is 0.414 e. The molecule has 0 aromatic carbocycles. The summed E-state index contributed by atoms with van der Waals surface area (Å²) in [5, 5.41) is 42.6. The molecule has 1 aliphatic heterocycles. The highest BCUT2D eigenvalue weighted by atomic mass is 32.1. The smallest absolute Gasteiger partial charge is 0.414 e. The minimum atomic E-state index is -1.82. The minimum absolute atomic E-state index is 0.00373. The Balaban J connectivity index is 0.000000377. The summed E-state index contributed by atoms with van der Waals surface area (Å²) in [5.41, 5.74) is 1.86. The van der Waals surface area contributed by atoms with Gasteiger partial charge in [0.2, 0.25) is 5.91 Å². The monoisotopic (exact) mass is 484 g/mol. The average molecular weight is 484 g/mol. The van der Waals surface area contributed by atoms with Crippen LogP contribution in [0.3, 0.4) is 0 Å². The first-order chi connectivity index (χ1) is 15.5. The molecule has 0 unspecified atom stereocenters. The molecule has 14 heteroatoms. The highest BCUT2D eigenvalue weighted by molar-refractivity contribution is 7.16. The van der Waals surface area contributed by atoms with Gasteiger partial charge in [-0.2, -0.15) is 5.26 Å². The highest BCUT2D eigenvalue weighted by Gasteiger charge is 2.24. The van der Waals surface area contributed by atoms with Gasteiger partial charge in [-0.1, -0.05) is 0 Å². The van der Waals surface area contributed by atoms with Crippen molar-refractivity contribution >= 4 is 46.1 Å². The lowest BCUT2D eigenvalue weighted by atomic mass is 10.1. The van der Waals surface area contributed by atoms with Crippen LogP contribution in [-0.2, 0) is 36.8 Å². The Kier molecular flexibility index (Phi) is 10.9. The number of nitrogens with one attached hydrogen (secondary N) is 1. The molecule has 1 aromatic heterocycles. The lowest BCUT2D eigenvalue weighted by molar-refractivity contribution is -0.159. The summed E-state index contributed by atoms with van der Waals surface area (Å²) in [4.78, 5) is 54.3. The Morgan fingerprint density at radius 1 is 0.939 bits per heavy atom. The number of hydrogen-bond acceptors (Lipinski definition) is 9. The normalized spacial score (nSPS) is 14.9. The third kappa shape index (κ3) is 9.23. The third-order valence-electron chi connectivity index (χ3n) is 4.62. The zero-order chi connectivity index (χ0) is 25.1. The maximum absolute atomic E-state index is 12.2. The molecule has 0 spiro atoms. The molecule has 2 heterocycles. The first kappa shape index (κ1) is 27.5. The van der Waals surface area contributed by atoms with Crippen LogP contribution in [0.1, 0.15) is 22.4 Å². The average Bonchev–Trinajstić information content (AvgIpc) is 3.31. The van der Waals surface area contributed by atoms with Crippen LogP contribution in [-0.4, -0.2) is 99.8 Å². The summed E-state index contributed by atoms with van der Waals surface area (Å²) >= 11 is 1.58. The highest BCUT2D eigenvalue weighted by Crippen LogP contribution is 2.38. The predicted molar refractivity (Wildman–Crippen MR) is 114 cm³/mol. The SMILES string of the molecule is CN1CCN(CC(=O)Nc2sc3c(c2C#N)CCC3)CC1.O=C(O)C(=O)O.O=C(O)C(=O)O. The van der Waals surface area contributed by atoms with Crippen molar-refractivity contribution < 1.29 is 44.4 Å². The summed E-state index contributed by atoms with van der Waals surface area (Å²) in [6, 6.07) is 2.27. The lowest BCUT2D eigenvalue weighted by Gasteiger charge is -2.31. The number of anilines is 1. The summed E-state index contributed by atoms with van der Waals surface area (Å²) in [6.45, 7) is 4.28. The second-order valence-corrected chi connectivity index (χ2v) is 8.13. The molecule has 1 amide bonds. The van der Waals surface area contributed by atoms with E-state index in [1.807, 2.05) is 0 Å². The number of likely N-dealkylation sites (N-methyl/N-ethyl adjacent to an activating group) is 1. The number of aliphatic carboxylic acids is 4. The van der Waals surface area contributed by atoms with Crippen LogP contribution in [0, 0.1) is 11.3 Å². The molecule has 0 atom stereocenters. The molecule has 1 aliphatic carbocycles. The molecule has 1 saturated heterocycles. The van der Waals surface area contributed by atoms with E-state index in [2.05, 4.69) is 28.2 Å². The van der Waals surface area contributed by atoms with Crippen molar-refractivity contribution in [2.75, 3.05) is 45.1 Å². The number of nitrogens with zero attached hydrogens (tertiary/aromatic N) is 3. The second-order valence-electron chi connectivity index (χ2n) is 7.02. The van der Waals surface area contributed by atoms with E-state index in [1.165, 1.54) is 4.88 Å². The molecule has 180 valence electrons. The number of carboxylic acids is 4. The summed E-state index contributed by atoms with van der Waals surface area (Å²) < 4.78 is 0. The number of aryl methyl sites for hydroxylation is 1. The van der Waals surface area contributed by atoms with Gasteiger partial charge in [0, 0.05) is 31.1 Å². The van der Waals surface area contributed by atoms with Gasteiger partial charge in [-0.05, 0) is 31.9 Å².